The monoisotopic (exact) mass is 494 g/mol. The van der Waals surface area contributed by atoms with E-state index in [9.17, 15) is 0 Å². The second-order valence-electron chi connectivity index (χ2n) is 7.16. The summed E-state index contributed by atoms with van der Waals surface area (Å²) in [6.45, 7) is 8.63. The first-order valence-electron chi connectivity index (χ1n) is 10.9. The van der Waals surface area contributed by atoms with E-state index in [2.05, 4.69) is 27.5 Å². The summed E-state index contributed by atoms with van der Waals surface area (Å²) in [5.41, 5.74) is 1.56. The van der Waals surface area contributed by atoms with Gasteiger partial charge < -0.3 is 24.8 Å². The lowest BCUT2D eigenvalue weighted by Gasteiger charge is -2.19. The van der Waals surface area contributed by atoms with Gasteiger partial charge in [-0.25, -0.2) is 9.97 Å². The maximum Gasteiger partial charge on any atom is 0.162 e. The van der Waals surface area contributed by atoms with Gasteiger partial charge in [0.15, 0.2) is 11.5 Å². The minimum atomic E-state index is -0.0852. The summed E-state index contributed by atoms with van der Waals surface area (Å²) >= 11 is 12.2. The molecule has 0 aliphatic heterocycles. The van der Waals surface area contributed by atoms with Crippen molar-refractivity contribution in [1.82, 2.24) is 15.3 Å². The number of halogens is 2. The number of aromatic nitrogens is 2. The van der Waals surface area contributed by atoms with Gasteiger partial charge >= 0.3 is 0 Å². The molecule has 1 heterocycles. The van der Waals surface area contributed by atoms with Gasteiger partial charge in [-0.2, -0.15) is 0 Å². The molecular weight excluding hydrogens is 463 g/mol. The largest absolute Gasteiger partial charge is 0.493 e. The number of hydrogen-bond donors (Lipinski definition) is 2. The fraction of sp³-hybridized carbons (Fsp3) is 0.417. The summed E-state index contributed by atoms with van der Waals surface area (Å²) in [4.78, 5) is 8.63. The van der Waals surface area contributed by atoms with Crippen LogP contribution in [-0.2, 0) is 4.74 Å². The highest BCUT2D eigenvalue weighted by Crippen LogP contribution is 2.29. The molecule has 0 saturated heterocycles. The molecular formula is C24H32Cl2N4O3. The highest BCUT2D eigenvalue weighted by Gasteiger charge is 2.11. The van der Waals surface area contributed by atoms with Crippen LogP contribution in [-0.4, -0.2) is 49.5 Å². The van der Waals surface area contributed by atoms with Crippen molar-refractivity contribution < 1.29 is 14.2 Å². The van der Waals surface area contributed by atoms with E-state index in [0.29, 0.717) is 47.1 Å². The molecule has 2 N–H and O–H groups in total. The van der Waals surface area contributed by atoms with Crippen LogP contribution in [0.25, 0.3) is 0 Å². The van der Waals surface area contributed by atoms with Crippen LogP contribution < -0.4 is 20.1 Å². The van der Waals surface area contributed by atoms with Crippen molar-refractivity contribution in [3.8, 4) is 11.5 Å². The van der Waals surface area contributed by atoms with Gasteiger partial charge in [-0.15, -0.1) is 0 Å². The number of ether oxygens (including phenoxy) is 3. The standard InChI is InChI=1S/C24H32Cl2N4O3/c1-5-10-27-14-19(32-6-2)15-33-22-9-11-28-16-29-24(17(3)12-23(22)31-4)30-18-7-8-20(25)21(26)13-18/h7-9,11-13,16,19,27H,5-6,10,14-15H2,1-4H3,(H,28,29,30). The zero-order valence-corrected chi connectivity index (χ0v) is 21.0. The van der Waals surface area contributed by atoms with Gasteiger partial charge in [-0.1, -0.05) is 30.1 Å². The number of rotatable bonds is 12. The lowest BCUT2D eigenvalue weighted by molar-refractivity contribution is 0.0277. The third kappa shape index (κ3) is 9.21. The lowest BCUT2D eigenvalue weighted by Crippen LogP contribution is -2.34. The molecule has 0 aliphatic rings. The third-order valence-electron chi connectivity index (χ3n) is 4.56. The van der Waals surface area contributed by atoms with Gasteiger partial charge in [0, 0.05) is 31.1 Å². The first-order chi connectivity index (χ1) is 16.0. The van der Waals surface area contributed by atoms with Gasteiger partial charge in [0.05, 0.1) is 17.2 Å². The Labute approximate surface area is 206 Å². The molecule has 0 radical (unpaired) electrons. The van der Waals surface area contributed by atoms with Crippen LogP contribution in [0.5, 0.6) is 11.5 Å². The third-order valence-corrected chi connectivity index (χ3v) is 5.30. The van der Waals surface area contributed by atoms with Crippen molar-refractivity contribution in [2.75, 3.05) is 38.7 Å². The Morgan fingerprint density at radius 3 is 2.58 bits per heavy atom. The molecule has 0 fully saturated rings. The Balaban J connectivity index is 2.32. The predicted octanol–water partition coefficient (Wildman–Crippen LogP) is 5.75. The Hall–Kier alpha value is -2.32. The Morgan fingerprint density at radius 1 is 1.06 bits per heavy atom. The van der Waals surface area contributed by atoms with E-state index in [1.165, 1.54) is 6.33 Å². The number of anilines is 2. The van der Waals surface area contributed by atoms with E-state index in [0.717, 1.165) is 24.2 Å². The molecule has 0 bridgehead atoms. The summed E-state index contributed by atoms with van der Waals surface area (Å²) < 4.78 is 17.5. The van der Waals surface area contributed by atoms with Crippen LogP contribution in [0.4, 0.5) is 11.5 Å². The van der Waals surface area contributed by atoms with Crippen molar-refractivity contribution in [1.29, 1.82) is 0 Å². The maximum atomic E-state index is 6.14. The molecule has 2 rings (SSSR count). The first-order valence-corrected chi connectivity index (χ1v) is 11.6. The number of nitrogens with one attached hydrogen (secondary N) is 2. The maximum absolute atomic E-state index is 6.14. The normalized spacial score (nSPS) is 11.5. The van der Waals surface area contributed by atoms with E-state index in [4.69, 9.17) is 37.4 Å². The number of benzene rings is 1. The smallest absolute Gasteiger partial charge is 0.162 e. The highest BCUT2D eigenvalue weighted by atomic mass is 35.5. The fourth-order valence-corrected chi connectivity index (χ4v) is 3.20. The molecule has 1 aromatic carbocycles. The number of nitrogens with zero attached hydrogens (tertiary/aromatic N) is 2. The number of hydrogen-bond acceptors (Lipinski definition) is 7. The molecule has 7 nitrogen and oxygen atoms in total. The average Bonchev–Trinajstić information content (AvgIpc) is 2.80. The molecule has 1 aromatic heterocycles. The van der Waals surface area contributed by atoms with E-state index >= 15 is 0 Å². The first kappa shape index (κ1) is 26.9. The molecule has 0 amide bonds. The van der Waals surface area contributed by atoms with Gasteiger partial charge in [0.1, 0.15) is 24.9 Å². The van der Waals surface area contributed by atoms with Crippen molar-refractivity contribution >= 4 is 34.7 Å². The Kier molecular flexibility index (Phi) is 12.0. The van der Waals surface area contributed by atoms with E-state index in [-0.39, 0.29) is 6.10 Å². The van der Waals surface area contributed by atoms with E-state index in [1.807, 2.05) is 26.0 Å². The fourth-order valence-electron chi connectivity index (χ4n) is 2.90. The van der Waals surface area contributed by atoms with Crippen LogP contribution in [0, 0.1) is 6.92 Å². The van der Waals surface area contributed by atoms with Crippen LogP contribution >= 0.6 is 23.2 Å². The topological polar surface area (TPSA) is 77.5 Å². The molecule has 1 atom stereocenters. The van der Waals surface area contributed by atoms with Gasteiger partial charge in [-0.3, -0.25) is 0 Å². The second-order valence-corrected chi connectivity index (χ2v) is 7.98. The average molecular weight is 495 g/mol. The van der Waals surface area contributed by atoms with E-state index < -0.39 is 0 Å². The molecule has 33 heavy (non-hydrogen) atoms. The molecule has 180 valence electrons. The Bertz CT molecular complexity index is 945. The predicted molar refractivity (Wildman–Crippen MR) is 135 cm³/mol. The SMILES string of the molecule is CCCNCC(COc1ccncnc(Nc2ccc(Cl)c(Cl)c2)c(C)cc1OC)OCC. The zero-order chi connectivity index (χ0) is 24.1. The van der Waals surface area contributed by atoms with E-state index in [1.54, 1.807) is 31.5 Å². The minimum absolute atomic E-state index is 0.0852. The van der Waals surface area contributed by atoms with Crippen molar-refractivity contribution in [3.63, 3.8) is 0 Å². The quantitative estimate of drug-likeness (QED) is 0.363. The van der Waals surface area contributed by atoms with Crippen LogP contribution in [0.3, 0.4) is 0 Å². The van der Waals surface area contributed by atoms with Crippen molar-refractivity contribution in [2.24, 2.45) is 0 Å². The van der Waals surface area contributed by atoms with Crippen LogP contribution in [0.2, 0.25) is 10.0 Å². The molecule has 0 aliphatic carbocycles. The van der Waals surface area contributed by atoms with Gasteiger partial charge in [0.2, 0.25) is 0 Å². The second kappa shape index (κ2) is 14.8. The summed E-state index contributed by atoms with van der Waals surface area (Å²) in [6, 6.07) is 8.88. The minimum Gasteiger partial charge on any atom is -0.493 e. The van der Waals surface area contributed by atoms with Crippen molar-refractivity contribution in [3.05, 3.63) is 58.5 Å². The zero-order valence-electron chi connectivity index (χ0n) is 19.5. The van der Waals surface area contributed by atoms with Crippen LogP contribution in [0.15, 0.2) is 42.9 Å². The summed E-state index contributed by atoms with van der Waals surface area (Å²) in [6.07, 6.45) is 4.04. The Morgan fingerprint density at radius 2 is 1.88 bits per heavy atom. The number of methoxy groups -OCH3 is 1. The summed E-state index contributed by atoms with van der Waals surface area (Å²) in [7, 11) is 1.59. The molecule has 1 unspecified atom stereocenters. The summed E-state index contributed by atoms with van der Waals surface area (Å²) in [5.74, 6) is 1.67. The van der Waals surface area contributed by atoms with Crippen molar-refractivity contribution in [2.45, 2.75) is 33.3 Å². The number of aryl methyl sites for hydroxylation is 1. The molecule has 2 aromatic rings. The summed E-state index contributed by atoms with van der Waals surface area (Å²) in [5, 5.41) is 7.55. The van der Waals surface area contributed by atoms with Gasteiger partial charge in [0.25, 0.3) is 0 Å². The van der Waals surface area contributed by atoms with Gasteiger partial charge in [-0.05, 0) is 56.6 Å². The van der Waals surface area contributed by atoms with Crippen LogP contribution in [0.1, 0.15) is 25.8 Å². The lowest BCUT2D eigenvalue weighted by atomic mass is 10.2. The molecule has 0 saturated carbocycles. The highest BCUT2D eigenvalue weighted by molar-refractivity contribution is 6.42. The molecule has 0 spiro atoms. The molecule has 9 heteroatoms.